The third-order valence-corrected chi connectivity index (χ3v) is 5.24. The van der Waals surface area contributed by atoms with Crippen LogP contribution < -0.4 is 18.9 Å². The standard InChI is InChI=1S/C23H18O6S/c1-3-27-17-7-4-6-14(22(17)29-23(25)20-8-5-11-30-20)12-19-21(24)16-10-9-15(26-2)13-18(16)28-19/h4-13H,3H2,1-2H3/b19-12-. The average Bonchev–Trinajstić information content (AvgIpc) is 3.39. The van der Waals surface area contributed by atoms with Gasteiger partial charge in [-0.05, 0) is 42.6 Å². The minimum Gasteiger partial charge on any atom is -0.497 e. The van der Waals surface area contributed by atoms with Crippen LogP contribution in [0.25, 0.3) is 6.08 Å². The van der Waals surface area contributed by atoms with Gasteiger partial charge in [0.05, 0.1) is 19.3 Å². The Morgan fingerprint density at radius 2 is 2.03 bits per heavy atom. The van der Waals surface area contributed by atoms with Gasteiger partial charge in [0, 0.05) is 11.6 Å². The van der Waals surface area contributed by atoms with Crippen molar-refractivity contribution < 1.29 is 28.5 Å². The molecule has 1 aliphatic heterocycles. The minimum atomic E-state index is -0.497. The molecular formula is C23H18O6S. The highest BCUT2D eigenvalue weighted by atomic mass is 32.1. The highest BCUT2D eigenvalue weighted by molar-refractivity contribution is 7.12. The van der Waals surface area contributed by atoms with Crippen LogP contribution >= 0.6 is 11.3 Å². The SMILES string of the molecule is CCOc1cccc(/C=C2\Oc3cc(OC)ccc3C2=O)c1OC(=O)c1cccs1. The van der Waals surface area contributed by atoms with Gasteiger partial charge in [0.25, 0.3) is 0 Å². The fourth-order valence-electron chi connectivity index (χ4n) is 3.00. The van der Waals surface area contributed by atoms with Gasteiger partial charge in [-0.15, -0.1) is 11.3 Å². The molecule has 30 heavy (non-hydrogen) atoms. The van der Waals surface area contributed by atoms with E-state index in [1.54, 1.807) is 67.1 Å². The molecule has 0 saturated carbocycles. The lowest BCUT2D eigenvalue weighted by molar-refractivity contribution is 0.0733. The largest absolute Gasteiger partial charge is 0.497 e. The van der Waals surface area contributed by atoms with Crippen molar-refractivity contribution in [3.05, 3.63) is 75.7 Å². The van der Waals surface area contributed by atoms with E-state index in [9.17, 15) is 9.59 Å². The van der Waals surface area contributed by atoms with Crippen molar-refractivity contribution in [3.63, 3.8) is 0 Å². The molecule has 0 fully saturated rings. The number of methoxy groups -OCH3 is 1. The molecule has 0 saturated heterocycles. The number of hydrogen-bond acceptors (Lipinski definition) is 7. The van der Waals surface area contributed by atoms with Crippen molar-refractivity contribution in [2.45, 2.75) is 6.92 Å². The van der Waals surface area contributed by atoms with Crippen LogP contribution in [0.3, 0.4) is 0 Å². The van der Waals surface area contributed by atoms with Crippen LogP contribution in [0.15, 0.2) is 59.7 Å². The Morgan fingerprint density at radius 3 is 2.77 bits per heavy atom. The Kier molecular flexibility index (Phi) is 5.54. The number of esters is 1. The summed E-state index contributed by atoms with van der Waals surface area (Å²) in [5.74, 6) is 1.01. The summed E-state index contributed by atoms with van der Waals surface area (Å²) in [6, 6.07) is 13.7. The van der Waals surface area contributed by atoms with Crippen molar-refractivity contribution in [3.8, 4) is 23.0 Å². The number of allylic oxidation sites excluding steroid dienone is 1. The molecule has 152 valence electrons. The second-order valence-electron chi connectivity index (χ2n) is 6.28. The molecule has 6 nitrogen and oxygen atoms in total. The molecular weight excluding hydrogens is 404 g/mol. The zero-order chi connectivity index (χ0) is 21.1. The molecule has 1 aliphatic rings. The van der Waals surface area contributed by atoms with Crippen molar-refractivity contribution in [1.82, 2.24) is 0 Å². The van der Waals surface area contributed by atoms with Crippen LogP contribution in [-0.4, -0.2) is 25.5 Å². The average molecular weight is 422 g/mol. The molecule has 0 aliphatic carbocycles. The van der Waals surface area contributed by atoms with E-state index in [-0.39, 0.29) is 17.3 Å². The van der Waals surface area contributed by atoms with E-state index in [4.69, 9.17) is 18.9 Å². The van der Waals surface area contributed by atoms with Crippen LogP contribution in [0.4, 0.5) is 0 Å². The van der Waals surface area contributed by atoms with E-state index >= 15 is 0 Å². The summed E-state index contributed by atoms with van der Waals surface area (Å²) in [6.45, 7) is 2.23. The van der Waals surface area contributed by atoms with Gasteiger partial charge in [0.1, 0.15) is 16.4 Å². The Hall–Kier alpha value is -3.58. The summed E-state index contributed by atoms with van der Waals surface area (Å²) in [5, 5.41) is 1.80. The maximum Gasteiger partial charge on any atom is 0.353 e. The molecule has 0 bridgehead atoms. The number of ether oxygens (including phenoxy) is 4. The molecule has 0 unspecified atom stereocenters. The number of hydrogen-bond donors (Lipinski definition) is 0. The molecule has 0 amide bonds. The fraction of sp³-hybridized carbons (Fsp3) is 0.130. The topological polar surface area (TPSA) is 71.1 Å². The van der Waals surface area contributed by atoms with E-state index in [1.807, 2.05) is 6.92 Å². The van der Waals surface area contributed by atoms with Crippen molar-refractivity contribution >= 4 is 29.2 Å². The second-order valence-corrected chi connectivity index (χ2v) is 7.22. The first-order valence-electron chi connectivity index (χ1n) is 9.24. The van der Waals surface area contributed by atoms with Crippen LogP contribution in [0, 0.1) is 0 Å². The van der Waals surface area contributed by atoms with E-state index in [1.165, 1.54) is 11.3 Å². The van der Waals surface area contributed by atoms with Gasteiger partial charge in [-0.25, -0.2) is 4.79 Å². The van der Waals surface area contributed by atoms with Gasteiger partial charge < -0.3 is 18.9 Å². The lowest BCUT2D eigenvalue weighted by Gasteiger charge is -2.13. The number of thiophene rings is 1. The quantitative estimate of drug-likeness (QED) is 0.317. The van der Waals surface area contributed by atoms with Crippen molar-refractivity contribution in [1.29, 1.82) is 0 Å². The monoisotopic (exact) mass is 422 g/mol. The molecule has 0 N–H and O–H groups in total. The number of carbonyl (C=O) groups excluding carboxylic acids is 2. The van der Waals surface area contributed by atoms with Gasteiger partial charge in [0.15, 0.2) is 17.3 Å². The summed E-state index contributed by atoms with van der Waals surface area (Å²) in [6.07, 6.45) is 1.55. The highest BCUT2D eigenvalue weighted by Gasteiger charge is 2.28. The van der Waals surface area contributed by atoms with Gasteiger partial charge in [-0.2, -0.15) is 0 Å². The molecule has 7 heteroatoms. The number of Topliss-reactive ketones (excluding diaryl/α,β-unsaturated/α-hetero) is 1. The Labute approximate surface area is 177 Å². The number of para-hydroxylation sites is 1. The van der Waals surface area contributed by atoms with Crippen LogP contribution in [0.2, 0.25) is 0 Å². The van der Waals surface area contributed by atoms with E-state index < -0.39 is 5.97 Å². The van der Waals surface area contributed by atoms with Crippen molar-refractivity contribution in [2.24, 2.45) is 0 Å². The fourth-order valence-corrected chi connectivity index (χ4v) is 3.60. The van der Waals surface area contributed by atoms with Gasteiger partial charge >= 0.3 is 5.97 Å². The first kappa shape index (κ1) is 19.7. The Balaban J connectivity index is 1.71. The third kappa shape index (κ3) is 3.79. The molecule has 4 rings (SSSR count). The van der Waals surface area contributed by atoms with Gasteiger partial charge in [0.2, 0.25) is 5.78 Å². The molecule has 2 aromatic carbocycles. The zero-order valence-corrected chi connectivity index (χ0v) is 17.2. The maximum absolute atomic E-state index is 12.8. The van der Waals surface area contributed by atoms with E-state index in [0.717, 1.165) is 0 Å². The molecule has 0 spiro atoms. The smallest absolute Gasteiger partial charge is 0.353 e. The molecule has 3 aromatic rings. The van der Waals surface area contributed by atoms with E-state index in [2.05, 4.69) is 0 Å². The lowest BCUT2D eigenvalue weighted by atomic mass is 10.1. The van der Waals surface area contributed by atoms with Crippen LogP contribution in [-0.2, 0) is 0 Å². The lowest BCUT2D eigenvalue weighted by Crippen LogP contribution is -2.09. The maximum atomic E-state index is 12.8. The van der Waals surface area contributed by atoms with Crippen molar-refractivity contribution in [2.75, 3.05) is 13.7 Å². The molecule has 1 aromatic heterocycles. The first-order chi connectivity index (χ1) is 14.6. The predicted octanol–water partition coefficient (Wildman–Crippen LogP) is 4.99. The van der Waals surface area contributed by atoms with Gasteiger partial charge in [-0.3, -0.25) is 4.79 Å². The van der Waals surface area contributed by atoms with Crippen LogP contribution in [0.5, 0.6) is 23.0 Å². The number of rotatable bonds is 6. The third-order valence-electron chi connectivity index (χ3n) is 4.39. The zero-order valence-electron chi connectivity index (χ0n) is 16.3. The number of fused-ring (bicyclic) bond motifs is 1. The predicted molar refractivity (Wildman–Crippen MR) is 113 cm³/mol. The summed E-state index contributed by atoms with van der Waals surface area (Å²) in [4.78, 5) is 25.8. The molecule has 0 radical (unpaired) electrons. The summed E-state index contributed by atoms with van der Waals surface area (Å²) in [7, 11) is 1.54. The Morgan fingerprint density at radius 1 is 1.17 bits per heavy atom. The first-order valence-corrected chi connectivity index (χ1v) is 10.1. The second kappa shape index (κ2) is 8.42. The molecule has 0 atom stereocenters. The number of ketones is 1. The normalized spacial score (nSPS) is 13.7. The van der Waals surface area contributed by atoms with Crippen LogP contribution in [0.1, 0.15) is 32.5 Å². The number of carbonyl (C=O) groups is 2. The van der Waals surface area contributed by atoms with Gasteiger partial charge in [-0.1, -0.05) is 18.2 Å². The van der Waals surface area contributed by atoms with E-state index in [0.29, 0.717) is 39.9 Å². The molecule has 2 heterocycles. The highest BCUT2D eigenvalue weighted by Crippen LogP contribution is 2.38. The summed E-state index contributed by atoms with van der Waals surface area (Å²) < 4.78 is 22.2. The minimum absolute atomic E-state index is 0.125. The number of benzene rings is 2. The Bertz CT molecular complexity index is 1130. The summed E-state index contributed by atoms with van der Waals surface area (Å²) in [5.41, 5.74) is 0.939. The summed E-state index contributed by atoms with van der Waals surface area (Å²) >= 11 is 1.28.